The lowest BCUT2D eigenvalue weighted by Gasteiger charge is -2.15. The molecule has 4 rings (SSSR count). The second-order valence-electron chi connectivity index (χ2n) is 8.03. The predicted molar refractivity (Wildman–Crippen MR) is 128 cm³/mol. The van der Waals surface area contributed by atoms with E-state index >= 15 is 0 Å². The Balaban J connectivity index is 1.49. The van der Waals surface area contributed by atoms with Crippen molar-refractivity contribution in [2.24, 2.45) is 7.05 Å². The van der Waals surface area contributed by atoms with Crippen LogP contribution in [-0.4, -0.2) is 34.7 Å². The lowest BCUT2D eigenvalue weighted by Crippen LogP contribution is -2.15. The van der Waals surface area contributed by atoms with Gasteiger partial charge >= 0.3 is 0 Å². The first kappa shape index (κ1) is 22.8. The number of rotatable bonds is 8. The molecule has 0 aliphatic carbocycles. The minimum absolute atomic E-state index is 0.0134. The first-order chi connectivity index (χ1) is 15.9. The SMILES string of the molecule is Cc1cccc(C)c1-c1cccc(COc2ccc(C(CS(=O)O)c3nnnn3C)cc2)c1. The van der Waals surface area contributed by atoms with Crippen molar-refractivity contribution < 1.29 is 13.5 Å². The Hall–Kier alpha value is -3.36. The fourth-order valence-electron chi connectivity index (χ4n) is 4.04. The van der Waals surface area contributed by atoms with Crippen molar-refractivity contribution >= 4 is 11.1 Å². The molecular weight excluding hydrogens is 436 g/mol. The molecule has 2 unspecified atom stereocenters. The molecule has 33 heavy (non-hydrogen) atoms. The summed E-state index contributed by atoms with van der Waals surface area (Å²) in [5.74, 6) is 0.879. The van der Waals surface area contributed by atoms with Gasteiger partial charge in [-0.2, -0.15) is 0 Å². The highest BCUT2D eigenvalue weighted by molar-refractivity contribution is 7.79. The van der Waals surface area contributed by atoms with E-state index in [1.165, 1.54) is 26.9 Å². The summed E-state index contributed by atoms with van der Waals surface area (Å²) in [6, 6.07) is 22.2. The summed E-state index contributed by atoms with van der Waals surface area (Å²) < 4.78 is 28.5. The predicted octanol–water partition coefficient (Wildman–Crippen LogP) is 4.43. The van der Waals surface area contributed by atoms with Crippen LogP contribution in [0.1, 0.15) is 34.0 Å². The first-order valence-corrected chi connectivity index (χ1v) is 11.9. The third kappa shape index (κ3) is 5.35. The molecule has 0 amide bonds. The number of ether oxygens (including phenoxy) is 1. The summed E-state index contributed by atoms with van der Waals surface area (Å²) in [4.78, 5) is 0. The molecule has 8 heteroatoms. The molecule has 2 atom stereocenters. The van der Waals surface area contributed by atoms with Crippen LogP contribution in [0.25, 0.3) is 11.1 Å². The zero-order valence-electron chi connectivity index (χ0n) is 18.8. The van der Waals surface area contributed by atoms with Gasteiger partial charge in [0, 0.05) is 7.05 Å². The van der Waals surface area contributed by atoms with E-state index in [-0.39, 0.29) is 11.7 Å². The largest absolute Gasteiger partial charge is 0.489 e. The maximum absolute atomic E-state index is 11.5. The van der Waals surface area contributed by atoms with E-state index in [1.807, 2.05) is 24.3 Å². The molecule has 7 nitrogen and oxygen atoms in total. The van der Waals surface area contributed by atoms with Crippen LogP contribution >= 0.6 is 0 Å². The van der Waals surface area contributed by atoms with E-state index in [4.69, 9.17) is 4.74 Å². The van der Waals surface area contributed by atoms with Crippen LogP contribution < -0.4 is 4.74 Å². The molecule has 0 saturated heterocycles. The van der Waals surface area contributed by atoms with Crippen LogP contribution in [0.3, 0.4) is 0 Å². The Bertz CT molecular complexity index is 1250. The van der Waals surface area contributed by atoms with Crippen molar-refractivity contribution in [1.82, 2.24) is 20.2 Å². The molecule has 1 heterocycles. The third-order valence-electron chi connectivity index (χ3n) is 5.66. The number of hydrogen-bond acceptors (Lipinski definition) is 5. The topological polar surface area (TPSA) is 90.1 Å². The minimum Gasteiger partial charge on any atom is -0.489 e. The van der Waals surface area contributed by atoms with Gasteiger partial charge in [-0.25, -0.2) is 8.89 Å². The fraction of sp³-hybridized carbons (Fsp3) is 0.240. The summed E-state index contributed by atoms with van der Waals surface area (Å²) in [5, 5.41) is 11.5. The van der Waals surface area contributed by atoms with Gasteiger partial charge in [0.25, 0.3) is 0 Å². The van der Waals surface area contributed by atoms with E-state index in [2.05, 4.69) is 71.8 Å². The molecule has 0 bridgehead atoms. The Morgan fingerprint density at radius 1 is 1.03 bits per heavy atom. The second-order valence-corrected chi connectivity index (χ2v) is 9.00. The van der Waals surface area contributed by atoms with Crippen molar-refractivity contribution in [3.05, 3.63) is 94.8 Å². The van der Waals surface area contributed by atoms with Crippen LogP contribution in [-0.2, 0) is 24.7 Å². The Kier molecular flexibility index (Phi) is 6.96. The van der Waals surface area contributed by atoms with Gasteiger partial charge in [0.1, 0.15) is 12.4 Å². The maximum atomic E-state index is 11.5. The molecule has 0 radical (unpaired) electrons. The van der Waals surface area contributed by atoms with Gasteiger partial charge in [-0.1, -0.05) is 48.5 Å². The number of aryl methyl sites for hydroxylation is 3. The van der Waals surface area contributed by atoms with E-state index in [0.717, 1.165) is 16.9 Å². The molecule has 0 fully saturated rings. The monoisotopic (exact) mass is 462 g/mol. The van der Waals surface area contributed by atoms with Crippen molar-refractivity contribution in [3.63, 3.8) is 0 Å². The van der Waals surface area contributed by atoms with Crippen LogP contribution in [0.2, 0.25) is 0 Å². The van der Waals surface area contributed by atoms with Crippen molar-refractivity contribution in [2.45, 2.75) is 26.4 Å². The summed E-state index contributed by atoms with van der Waals surface area (Å²) in [5.41, 5.74) is 6.87. The van der Waals surface area contributed by atoms with E-state index in [1.54, 1.807) is 7.05 Å². The number of nitrogens with zero attached hydrogens (tertiary/aromatic N) is 4. The minimum atomic E-state index is -1.98. The average Bonchev–Trinajstić information content (AvgIpc) is 3.22. The average molecular weight is 463 g/mol. The maximum Gasteiger partial charge on any atom is 0.159 e. The molecule has 0 saturated carbocycles. The van der Waals surface area contributed by atoms with Gasteiger partial charge in [-0.15, -0.1) is 5.10 Å². The lowest BCUT2D eigenvalue weighted by molar-refractivity contribution is 0.306. The summed E-state index contributed by atoms with van der Waals surface area (Å²) in [7, 11) is 1.71. The normalized spacial score (nSPS) is 13.0. The first-order valence-electron chi connectivity index (χ1n) is 10.6. The van der Waals surface area contributed by atoms with E-state index in [0.29, 0.717) is 12.4 Å². The molecule has 1 N–H and O–H groups in total. The zero-order valence-corrected chi connectivity index (χ0v) is 19.6. The zero-order chi connectivity index (χ0) is 23.4. The molecule has 3 aromatic carbocycles. The van der Waals surface area contributed by atoms with Gasteiger partial charge in [0.05, 0.1) is 11.7 Å². The van der Waals surface area contributed by atoms with Gasteiger partial charge in [0.2, 0.25) is 0 Å². The van der Waals surface area contributed by atoms with Crippen LogP contribution in [0, 0.1) is 13.8 Å². The van der Waals surface area contributed by atoms with Crippen molar-refractivity contribution in [2.75, 3.05) is 5.75 Å². The summed E-state index contributed by atoms with van der Waals surface area (Å²) in [6.45, 7) is 4.70. The van der Waals surface area contributed by atoms with Gasteiger partial charge in [0.15, 0.2) is 16.9 Å². The Labute approximate surface area is 195 Å². The Morgan fingerprint density at radius 3 is 2.36 bits per heavy atom. The van der Waals surface area contributed by atoms with E-state index < -0.39 is 11.1 Å². The highest BCUT2D eigenvalue weighted by Gasteiger charge is 2.22. The molecule has 0 spiro atoms. The quantitative estimate of drug-likeness (QED) is 0.390. The molecule has 1 aromatic heterocycles. The molecular formula is C25H26N4O3S. The fourth-order valence-corrected chi connectivity index (χ4v) is 4.67. The van der Waals surface area contributed by atoms with Crippen molar-refractivity contribution in [1.29, 1.82) is 0 Å². The highest BCUT2D eigenvalue weighted by atomic mass is 32.2. The van der Waals surface area contributed by atoms with Crippen LogP contribution in [0.5, 0.6) is 5.75 Å². The van der Waals surface area contributed by atoms with Gasteiger partial charge in [-0.3, -0.25) is 0 Å². The smallest absolute Gasteiger partial charge is 0.159 e. The highest BCUT2D eigenvalue weighted by Crippen LogP contribution is 2.29. The molecule has 170 valence electrons. The molecule has 4 aromatic rings. The van der Waals surface area contributed by atoms with Gasteiger partial charge in [-0.05, 0) is 75.9 Å². The van der Waals surface area contributed by atoms with Crippen LogP contribution in [0.15, 0.2) is 66.7 Å². The summed E-state index contributed by atoms with van der Waals surface area (Å²) >= 11 is -1.98. The number of benzene rings is 3. The van der Waals surface area contributed by atoms with Crippen molar-refractivity contribution in [3.8, 4) is 16.9 Å². The molecule has 0 aliphatic heterocycles. The number of tetrazole rings is 1. The Morgan fingerprint density at radius 2 is 1.73 bits per heavy atom. The molecule has 0 aliphatic rings. The van der Waals surface area contributed by atoms with E-state index in [9.17, 15) is 8.76 Å². The number of aromatic nitrogens is 4. The number of hydrogen-bond donors (Lipinski definition) is 1. The third-order valence-corrected chi connectivity index (χ3v) is 6.28. The standard InChI is InChI=1S/C25H26N4O3S/c1-17-6-4-7-18(2)24(17)21-9-5-8-19(14-21)15-32-22-12-10-20(11-13-22)23(16-33(30)31)25-26-27-28-29(25)3/h4-14,23H,15-16H2,1-3H3,(H,30,31). The van der Waals surface area contributed by atoms with Crippen LogP contribution in [0.4, 0.5) is 0 Å². The lowest BCUT2D eigenvalue weighted by atomic mass is 9.95. The second kappa shape index (κ2) is 10.1. The summed E-state index contributed by atoms with van der Waals surface area (Å²) in [6.07, 6.45) is 0. The van der Waals surface area contributed by atoms with Gasteiger partial charge < -0.3 is 9.29 Å².